The smallest absolute Gasteiger partial charge is 0.309 e. The maximum Gasteiger partial charge on any atom is 0.309 e. The van der Waals surface area contributed by atoms with Gasteiger partial charge >= 0.3 is 11.8 Å². The molecular formula is C21H19ClN2O4S2. The molecule has 30 heavy (non-hydrogen) atoms. The van der Waals surface area contributed by atoms with Crippen LogP contribution in [0.5, 0.6) is 0 Å². The third-order valence-corrected chi connectivity index (χ3v) is 7.81. The lowest BCUT2D eigenvalue weighted by atomic mass is 10.2. The lowest BCUT2D eigenvalue weighted by molar-refractivity contribution is -0.139. The Kier molecular flexibility index (Phi) is 7.25. The van der Waals surface area contributed by atoms with Crippen LogP contribution in [0.1, 0.15) is 15.7 Å². The molecule has 0 saturated carbocycles. The van der Waals surface area contributed by atoms with Crippen LogP contribution in [0.3, 0.4) is 0 Å². The van der Waals surface area contributed by atoms with Gasteiger partial charge in [-0.15, -0.1) is 11.3 Å². The number of thiophene rings is 1. The first kappa shape index (κ1) is 22.0. The molecule has 2 aromatic carbocycles. The van der Waals surface area contributed by atoms with Crippen LogP contribution in [-0.2, 0) is 26.0 Å². The maximum absolute atomic E-state index is 13.1. The summed E-state index contributed by atoms with van der Waals surface area (Å²) < 4.78 is 26.2. The Hall–Kier alpha value is -2.68. The Balaban J connectivity index is 1.66. The Morgan fingerprint density at radius 2 is 1.57 bits per heavy atom. The molecule has 9 heteroatoms. The topological polar surface area (TPSA) is 92.3 Å². The van der Waals surface area contributed by atoms with Crippen molar-refractivity contribution < 1.29 is 18.0 Å². The Bertz CT molecular complexity index is 1100. The van der Waals surface area contributed by atoms with E-state index in [9.17, 15) is 18.0 Å². The second kappa shape index (κ2) is 9.88. The highest BCUT2D eigenvalue weighted by Gasteiger charge is 2.31. The normalized spacial score (nSPS) is 12.2. The summed E-state index contributed by atoms with van der Waals surface area (Å²) in [6.45, 7) is -0.0645. The monoisotopic (exact) mass is 462 g/mol. The number of hydrogen-bond donors (Lipinski definition) is 2. The molecule has 1 unspecified atom stereocenters. The lowest BCUT2D eigenvalue weighted by Gasteiger charge is -2.17. The molecule has 0 saturated heterocycles. The van der Waals surface area contributed by atoms with Crippen molar-refractivity contribution in [1.29, 1.82) is 0 Å². The summed E-state index contributed by atoms with van der Waals surface area (Å²) >= 11 is 7.10. The van der Waals surface area contributed by atoms with E-state index in [-0.39, 0.29) is 18.0 Å². The summed E-state index contributed by atoms with van der Waals surface area (Å²) in [7, 11) is -3.75. The summed E-state index contributed by atoms with van der Waals surface area (Å²) in [5.74, 6) is -1.74. The fourth-order valence-corrected chi connectivity index (χ4v) is 5.67. The number of carbonyl (C=O) groups excluding carboxylic acids is 2. The van der Waals surface area contributed by atoms with Gasteiger partial charge in [-0.1, -0.05) is 48.0 Å². The van der Waals surface area contributed by atoms with Gasteiger partial charge in [-0.05, 0) is 41.3 Å². The molecule has 0 bridgehead atoms. The minimum Gasteiger partial charge on any atom is -0.346 e. The zero-order valence-electron chi connectivity index (χ0n) is 15.7. The number of sulfone groups is 1. The molecule has 3 aromatic rings. The molecule has 0 aliphatic carbocycles. The minimum atomic E-state index is -3.75. The Labute approximate surface area is 183 Å². The summed E-state index contributed by atoms with van der Waals surface area (Å²) in [6.07, 6.45) is 0. The van der Waals surface area contributed by atoms with Gasteiger partial charge in [0.2, 0.25) is 0 Å². The summed E-state index contributed by atoms with van der Waals surface area (Å²) in [6, 6.07) is 18.3. The molecule has 0 aliphatic heterocycles. The van der Waals surface area contributed by atoms with Crippen molar-refractivity contribution in [3.05, 3.63) is 87.6 Å². The summed E-state index contributed by atoms with van der Waals surface area (Å²) in [5.41, 5.74) is 0.781. The summed E-state index contributed by atoms with van der Waals surface area (Å²) in [4.78, 5) is 25.1. The molecule has 2 amide bonds. The predicted octanol–water partition coefficient (Wildman–Crippen LogP) is 3.35. The van der Waals surface area contributed by atoms with Gasteiger partial charge in [0.05, 0.1) is 4.90 Å². The van der Waals surface area contributed by atoms with Crippen LogP contribution in [0, 0.1) is 0 Å². The van der Waals surface area contributed by atoms with E-state index in [2.05, 4.69) is 10.6 Å². The fourth-order valence-electron chi connectivity index (χ4n) is 2.74. The van der Waals surface area contributed by atoms with E-state index in [1.54, 1.807) is 60.0 Å². The van der Waals surface area contributed by atoms with Gasteiger partial charge in [0, 0.05) is 23.0 Å². The van der Waals surface area contributed by atoms with Crippen molar-refractivity contribution in [2.45, 2.75) is 16.7 Å². The number of benzene rings is 2. The second-order valence-electron chi connectivity index (χ2n) is 6.38. The van der Waals surface area contributed by atoms with Gasteiger partial charge < -0.3 is 10.6 Å². The van der Waals surface area contributed by atoms with Crippen LogP contribution in [0.15, 0.2) is 77.0 Å². The van der Waals surface area contributed by atoms with Crippen LogP contribution in [0.25, 0.3) is 0 Å². The molecule has 2 N–H and O–H groups in total. The van der Waals surface area contributed by atoms with E-state index < -0.39 is 26.9 Å². The van der Waals surface area contributed by atoms with Gasteiger partial charge in [0.25, 0.3) is 0 Å². The van der Waals surface area contributed by atoms with Crippen LogP contribution in [0.2, 0.25) is 5.02 Å². The average molecular weight is 463 g/mol. The summed E-state index contributed by atoms with van der Waals surface area (Å²) in [5, 5.41) is 6.30. The predicted molar refractivity (Wildman–Crippen MR) is 117 cm³/mol. The lowest BCUT2D eigenvalue weighted by Crippen LogP contribution is -2.42. The van der Waals surface area contributed by atoms with Crippen molar-refractivity contribution in [3.8, 4) is 0 Å². The molecule has 0 spiro atoms. The fraction of sp³-hybridized carbons (Fsp3) is 0.143. The number of rotatable bonds is 7. The van der Waals surface area contributed by atoms with Crippen LogP contribution in [0.4, 0.5) is 0 Å². The highest BCUT2D eigenvalue weighted by Crippen LogP contribution is 2.31. The number of nitrogens with one attached hydrogen (secondary N) is 2. The number of carbonyl (C=O) groups is 2. The number of amides is 2. The second-order valence-corrected chi connectivity index (χ2v) is 9.93. The van der Waals surface area contributed by atoms with Crippen LogP contribution in [-0.4, -0.2) is 26.8 Å². The van der Waals surface area contributed by atoms with Crippen molar-refractivity contribution in [1.82, 2.24) is 10.6 Å². The van der Waals surface area contributed by atoms with Gasteiger partial charge in [0.15, 0.2) is 9.84 Å². The standard InChI is InChI=1S/C21H19ClN2O4S2/c22-16-10-8-15(9-11-16)13-23-20(25)21(26)24-14-19(18-7-4-12-29-18)30(27,28)17-5-2-1-3-6-17/h1-12,19H,13-14H2,(H,23,25)(H,24,26). The van der Waals surface area contributed by atoms with Gasteiger partial charge in [-0.25, -0.2) is 8.42 Å². The molecule has 1 heterocycles. The third-order valence-electron chi connectivity index (χ3n) is 4.33. The number of halogens is 1. The first-order chi connectivity index (χ1) is 14.4. The molecular weight excluding hydrogens is 444 g/mol. The van der Waals surface area contributed by atoms with Crippen LogP contribution >= 0.6 is 22.9 Å². The minimum absolute atomic E-state index is 0.153. The van der Waals surface area contributed by atoms with Gasteiger partial charge in [-0.2, -0.15) is 0 Å². The first-order valence-electron chi connectivity index (χ1n) is 9.01. The maximum atomic E-state index is 13.1. The van der Waals surface area contributed by atoms with Crippen molar-refractivity contribution >= 4 is 44.6 Å². The highest BCUT2D eigenvalue weighted by atomic mass is 35.5. The molecule has 0 aliphatic rings. The van der Waals surface area contributed by atoms with E-state index in [0.29, 0.717) is 9.90 Å². The molecule has 156 valence electrons. The van der Waals surface area contributed by atoms with E-state index >= 15 is 0 Å². The highest BCUT2D eigenvalue weighted by molar-refractivity contribution is 7.91. The van der Waals surface area contributed by atoms with E-state index in [1.165, 1.54) is 23.5 Å². The Morgan fingerprint density at radius 1 is 0.900 bits per heavy atom. The molecule has 1 atom stereocenters. The molecule has 1 aromatic heterocycles. The molecule has 0 radical (unpaired) electrons. The van der Waals surface area contributed by atoms with Gasteiger partial charge in [0.1, 0.15) is 5.25 Å². The average Bonchev–Trinajstić information content (AvgIpc) is 3.28. The van der Waals surface area contributed by atoms with E-state index in [4.69, 9.17) is 11.6 Å². The first-order valence-corrected chi connectivity index (χ1v) is 11.8. The van der Waals surface area contributed by atoms with Crippen molar-refractivity contribution in [2.75, 3.05) is 6.54 Å². The Morgan fingerprint density at radius 3 is 2.20 bits per heavy atom. The SMILES string of the molecule is O=C(NCc1ccc(Cl)cc1)C(=O)NCC(c1cccs1)S(=O)(=O)c1ccccc1. The quantitative estimate of drug-likeness (QED) is 0.526. The molecule has 0 fully saturated rings. The van der Waals surface area contributed by atoms with E-state index in [0.717, 1.165) is 5.56 Å². The van der Waals surface area contributed by atoms with Crippen LogP contribution < -0.4 is 10.6 Å². The zero-order chi connectivity index (χ0) is 21.6. The molecule has 3 rings (SSSR count). The molecule has 6 nitrogen and oxygen atoms in total. The largest absolute Gasteiger partial charge is 0.346 e. The van der Waals surface area contributed by atoms with E-state index in [1.807, 2.05) is 0 Å². The zero-order valence-corrected chi connectivity index (χ0v) is 18.1. The van der Waals surface area contributed by atoms with Crippen molar-refractivity contribution in [3.63, 3.8) is 0 Å². The van der Waals surface area contributed by atoms with Crippen molar-refractivity contribution in [2.24, 2.45) is 0 Å². The number of hydrogen-bond acceptors (Lipinski definition) is 5. The third kappa shape index (κ3) is 5.47. The van der Waals surface area contributed by atoms with Gasteiger partial charge in [-0.3, -0.25) is 9.59 Å².